The Morgan fingerprint density at radius 1 is 1.00 bits per heavy atom. The first kappa shape index (κ1) is 16.0. The molecule has 3 nitrogen and oxygen atoms in total. The lowest BCUT2D eigenvalue weighted by molar-refractivity contribution is 0.349. The molecular formula is C20H25NO2. The molecule has 0 unspecified atom stereocenters. The molecule has 0 spiro atoms. The molecule has 122 valence electrons. The summed E-state index contributed by atoms with van der Waals surface area (Å²) in [6.45, 7) is 6.51. The predicted molar refractivity (Wildman–Crippen MR) is 95.9 cm³/mol. The van der Waals surface area contributed by atoms with E-state index < -0.39 is 0 Å². The minimum atomic E-state index is -0.356. The molecule has 0 bridgehead atoms. The van der Waals surface area contributed by atoms with E-state index in [1.54, 1.807) is 0 Å². The maximum atomic E-state index is 12.1. The Morgan fingerprint density at radius 3 is 2.26 bits per heavy atom. The molecule has 0 heterocycles. The van der Waals surface area contributed by atoms with Crippen molar-refractivity contribution in [3.63, 3.8) is 0 Å². The van der Waals surface area contributed by atoms with Gasteiger partial charge in [0.1, 0.15) is 0 Å². The zero-order valence-corrected chi connectivity index (χ0v) is 14.2. The second kappa shape index (κ2) is 6.31. The first-order valence-corrected chi connectivity index (χ1v) is 8.69. The van der Waals surface area contributed by atoms with Crippen molar-refractivity contribution < 1.29 is 0 Å². The van der Waals surface area contributed by atoms with Crippen molar-refractivity contribution in [2.75, 3.05) is 5.32 Å². The van der Waals surface area contributed by atoms with Crippen molar-refractivity contribution in [1.82, 2.24) is 0 Å². The molecule has 1 aliphatic rings. The Bertz CT molecular complexity index is 751. The molecular weight excluding hydrogens is 286 g/mol. The highest BCUT2D eigenvalue weighted by molar-refractivity contribution is 5.82. The van der Waals surface area contributed by atoms with E-state index in [2.05, 4.69) is 26.1 Å². The highest BCUT2D eigenvalue weighted by Crippen LogP contribution is 2.30. The normalized spacial score (nSPS) is 21.7. The summed E-state index contributed by atoms with van der Waals surface area (Å²) in [5.41, 5.74) is 2.49. The first-order chi connectivity index (χ1) is 11.0. The second-order valence-corrected chi connectivity index (χ2v) is 7.20. The van der Waals surface area contributed by atoms with Crippen LogP contribution in [0.2, 0.25) is 0 Å². The zero-order valence-electron chi connectivity index (χ0n) is 14.2. The quantitative estimate of drug-likeness (QED) is 0.866. The number of hydrogen-bond donors (Lipinski definition) is 1. The third-order valence-corrected chi connectivity index (χ3v) is 5.22. The topological polar surface area (TPSA) is 46.2 Å². The minimum Gasteiger partial charge on any atom is -0.378 e. The van der Waals surface area contributed by atoms with Crippen molar-refractivity contribution in [3.8, 4) is 11.1 Å². The van der Waals surface area contributed by atoms with Gasteiger partial charge in [-0.3, -0.25) is 9.59 Å². The summed E-state index contributed by atoms with van der Waals surface area (Å²) in [6, 6.07) is 8.32. The largest absolute Gasteiger partial charge is 0.378 e. The van der Waals surface area contributed by atoms with Gasteiger partial charge in [0.15, 0.2) is 0 Å². The van der Waals surface area contributed by atoms with Gasteiger partial charge in [-0.15, -0.1) is 0 Å². The SMILES string of the molecule is CC(C)c1ccc(-c2c(N[C@@H]3CCCC[C@H]3C)c(=O)c2=O)cc1. The number of rotatable bonds is 4. The molecule has 0 saturated heterocycles. The van der Waals surface area contributed by atoms with Crippen LogP contribution in [-0.2, 0) is 0 Å². The zero-order chi connectivity index (χ0) is 16.6. The molecule has 1 aliphatic carbocycles. The van der Waals surface area contributed by atoms with Crippen LogP contribution in [0.1, 0.15) is 57.9 Å². The average molecular weight is 311 g/mol. The smallest absolute Gasteiger partial charge is 0.250 e. The van der Waals surface area contributed by atoms with Crippen molar-refractivity contribution in [1.29, 1.82) is 0 Å². The lowest BCUT2D eigenvalue weighted by Crippen LogP contribution is -2.41. The van der Waals surface area contributed by atoms with E-state index in [-0.39, 0.29) is 10.9 Å². The summed E-state index contributed by atoms with van der Waals surface area (Å²) in [5, 5.41) is 3.38. The summed E-state index contributed by atoms with van der Waals surface area (Å²) in [5.74, 6) is 1.00. The van der Waals surface area contributed by atoms with Crippen molar-refractivity contribution in [2.45, 2.75) is 58.4 Å². The molecule has 0 aliphatic heterocycles. The standard InChI is InChI=1S/C20H25NO2/c1-12(2)14-8-10-15(11-9-14)17-18(20(23)19(17)22)21-16-7-5-4-6-13(16)3/h8-13,16,21H,4-7H2,1-3H3/t13-,16-/m1/s1. The Morgan fingerprint density at radius 2 is 1.65 bits per heavy atom. The molecule has 3 rings (SSSR count). The molecule has 3 heteroatoms. The fourth-order valence-electron chi connectivity index (χ4n) is 3.56. The van der Waals surface area contributed by atoms with Crippen LogP contribution in [0.25, 0.3) is 11.1 Å². The predicted octanol–water partition coefficient (Wildman–Crippen LogP) is 4.06. The molecule has 2 atom stereocenters. The second-order valence-electron chi connectivity index (χ2n) is 7.20. The minimum absolute atomic E-state index is 0.306. The van der Waals surface area contributed by atoms with Crippen LogP contribution in [0.15, 0.2) is 33.9 Å². The highest BCUT2D eigenvalue weighted by atomic mass is 16.2. The third-order valence-electron chi connectivity index (χ3n) is 5.22. The summed E-state index contributed by atoms with van der Waals surface area (Å²) < 4.78 is 0. The maximum absolute atomic E-state index is 12.1. The van der Waals surface area contributed by atoms with Gasteiger partial charge >= 0.3 is 0 Å². The van der Waals surface area contributed by atoms with Crippen LogP contribution in [0.3, 0.4) is 0 Å². The summed E-state index contributed by atoms with van der Waals surface area (Å²) in [7, 11) is 0. The van der Waals surface area contributed by atoms with Gasteiger partial charge < -0.3 is 5.32 Å². The lowest BCUT2D eigenvalue weighted by Gasteiger charge is -2.31. The number of benzene rings is 1. The Labute approximate surface area is 137 Å². The van der Waals surface area contributed by atoms with Crippen LogP contribution in [0, 0.1) is 5.92 Å². The van der Waals surface area contributed by atoms with Crippen molar-refractivity contribution in [3.05, 3.63) is 50.3 Å². The summed E-state index contributed by atoms with van der Waals surface area (Å²) in [4.78, 5) is 24.1. The van der Waals surface area contributed by atoms with Gasteiger partial charge in [0.05, 0.1) is 11.3 Å². The monoisotopic (exact) mass is 311 g/mol. The van der Waals surface area contributed by atoms with Gasteiger partial charge in [-0.1, -0.05) is 57.9 Å². The van der Waals surface area contributed by atoms with E-state index in [1.165, 1.54) is 24.8 Å². The van der Waals surface area contributed by atoms with E-state index in [9.17, 15) is 9.59 Å². The number of hydrogen-bond acceptors (Lipinski definition) is 3. The van der Waals surface area contributed by atoms with Crippen molar-refractivity contribution in [2.24, 2.45) is 5.92 Å². The molecule has 0 amide bonds. The van der Waals surface area contributed by atoms with Crippen LogP contribution < -0.4 is 16.2 Å². The Hall–Kier alpha value is -1.90. The molecule has 2 aromatic rings. The van der Waals surface area contributed by atoms with Crippen molar-refractivity contribution >= 4 is 5.69 Å². The highest BCUT2D eigenvalue weighted by Gasteiger charge is 2.27. The fraction of sp³-hybridized carbons (Fsp3) is 0.500. The van der Waals surface area contributed by atoms with Crippen LogP contribution in [-0.4, -0.2) is 6.04 Å². The number of anilines is 1. The average Bonchev–Trinajstić information content (AvgIpc) is 2.56. The van der Waals surface area contributed by atoms with E-state index >= 15 is 0 Å². The molecule has 1 saturated carbocycles. The third kappa shape index (κ3) is 2.97. The van der Waals surface area contributed by atoms with Gasteiger partial charge in [-0.25, -0.2) is 0 Å². The number of nitrogens with one attached hydrogen (secondary N) is 1. The van der Waals surface area contributed by atoms with Crippen LogP contribution >= 0.6 is 0 Å². The van der Waals surface area contributed by atoms with Crippen LogP contribution in [0.5, 0.6) is 0 Å². The first-order valence-electron chi connectivity index (χ1n) is 8.69. The molecule has 0 aromatic heterocycles. The van der Waals surface area contributed by atoms with E-state index in [4.69, 9.17) is 0 Å². The Kier molecular flexibility index (Phi) is 4.38. The lowest BCUT2D eigenvalue weighted by atomic mass is 9.85. The summed E-state index contributed by atoms with van der Waals surface area (Å²) >= 11 is 0. The fourth-order valence-corrected chi connectivity index (χ4v) is 3.56. The van der Waals surface area contributed by atoms with Gasteiger partial charge in [0, 0.05) is 6.04 Å². The van der Waals surface area contributed by atoms with Gasteiger partial charge in [0.2, 0.25) is 10.9 Å². The van der Waals surface area contributed by atoms with E-state index in [0.717, 1.165) is 12.0 Å². The Balaban J connectivity index is 1.87. The van der Waals surface area contributed by atoms with E-state index in [0.29, 0.717) is 29.1 Å². The van der Waals surface area contributed by atoms with Gasteiger partial charge in [-0.2, -0.15) is 0 Å². The molecule has 0 radical (unpaired) electrons. The van der Waals surface area contributed by atoms with Crippen LogP contribution in [0.4, 0.5) is 5.69 Å². The summed E-state index contributed by atoms with van der Waals surface area (Å²) in [6.07, 6.45) is 4.71. The molecule has 2 aromatic carbocycles. The molecule has 1 fully saturated rings. The van der Waals surface area contributed by atoms with Gasteiger partial charge in [-0.05, 0) is 35.8 Å². The maximum Gasteiger partial charge on any atom is 0.250 e. The molecule has 1 N–H and O–H groups in total. The van der Waals surface area contributed by atoms with Gasteiger partial charge in [0.25, 0.3) is 0 Å². The van der Waals surface area contributed by atoms with E-state index in [1.807, 2.05) is 24.3 Å². The molecule has 23 heavy (non-hydrogen) atoms.